The van der Waals surface area contributed by atoms with E-state index in [0.717, 1.165) is 36.9 Å². The highest BCUT2D eigenvalue weighted by Gasteiger charge is 2.12. The van der Waals surface area contributed by atoms with Crippen LogP contribution < -0.4 is 5.32 Å². The van der Waals surface area contributed by atoms with Crippen LogP contribution in [0.3, 0.4) is 0 Å². The van der Waals surface area contributed by atoms with Crippen LogP contribution in [-0.2, 0) is 12.8 Å². The SMILES string of the molecule is c1oc2c3c(ccc2c#1)CCNCC3. The Morgan fingerprint density at radius 1 is 1.21 bits per heavy atom. The van der Waals surface area contributed by atoms with Gasteiger partial charge in [0, 0.05) is 5.56 Å². The Morgan fingerprint density at radius 2 is 2.14 bits per heavy atom. The van der Waals surface area contributed by atoms with Gasteiger partial charge in [-0.05, 0) is 43.6 Å². The molecular weight excluding hydrogens is 174 g/mol. The number of rotatable bonds is 0. The normalized spacial score (nSPS) is 16.0. The van der Waals surface area contributed by atoms with Crippen molar-refractivity contribution < 1.29 is 4.42 Å². The highest BCUT2D eigenvalue weighted by Crippen LogP contribution is 2.23. The molecule has 70 valence electrons. The quantitative estimate of drug-likeness (QED) is 0.676. The van der Waals surface area contributed by atoms with Crippen LogP contribution >= 0.6 is 0 Å². The Hall–Kier alpha value is -1.46. The Balaban J connectivity index is 2.26. The van der Waals surface area contributed by atoms with E-state index in [9.17, 15) is 0 Å². The molecule has 0 radical (unpaired) electrons. The van der Waals surface area contributed by atoms with Gasteiger partial charge in [0.1, 0.15) is 6.26 Å². The molecule has 0 bridgehead atoms. The summed E-state index contributed by atoms with van der Waals surface area (Å²) in [6.45, 7) is 2.10. The predicted molar refractivity (Wildman–Crippen MR) is 54.2 cm³/mol. The van der Waals surface area contributed by atoms with E-state index < -0.39 is 0 Å². The molecule has 1 aliphatic heterocycles. The molecule has 1 aromatic carbocycles. The van der Waals surface area contributed by atoms with Crippen LogP contribution in [0, 0.1) is 12.3 Å². The van der Waals surface area contributed by atoms with Gasteiger partial charge in [0.25, 0.3) is 0 Å². The highest BCUT2D eigenvalue weighted by molar-refractivity contribution is 5.80. The van der Waals surface area contributed by atoms with Crippen LogP contribution in [0.2, 0.25) is 0 Å². The molecule has 2 heterocycles. The lowest BCUT2D eigenvalue weighted by molar-refractivity contribution is 0.609. The smallest absolute Gasteiger partial charge is 0.159 e. The van der Waals surface area contributed by atoms with E-state index >= 15 is 0 Å². The monoisotopic (exact) mass is 185 g/mol. The third kappa shape index (κ3) is 1.10. The molecule has 0 atom stereocenters. The zero-order valence-corrected chi connectivity index (χ0v) is 7.89. The van der Waals surface area contributed by atoms with Crippen molar-refractivity contribution in [3.05, 3.63) is 35.6 Å². The van der Waals surface area contributed by atoms with Crippen LogP contribution in [0.25, 0.3) is 11.0 Å². The Kier molecular flexibility index (Phi) is 1.71. The molecule has 1 aromatic heterocycles. The lowest BCUT2D eigenvalue weighted by Crippen LogP contribution is -2.16. The van der Waals surface area contributed by atoms with Crippen molar-refractivity contribution in [2.24, 2.45) is 0 Å². The first-order valence-electron chi connectivity index (χ1n) is 4.98. The van der Waals surface area contributed by atoms with E-state index in [0.29, 0.717) is 0 Å². The van der Waals surface area contributed by atoms with Crippen LogP contribution in [0.1, 0.15) is 11.1 Å². The number of benzene rings is 1. The Bertz CT molecular complexity index is 458. The van der Waals surface area contributed by atoms with Gasteiger partial charge < -0.3 is 9.73 Å². The van der Waals surface area contributed by atoms with E-state index in [-0.39, 0.29) is 0 Å². The zero-order chi connectivity index (χ0) is 9.38. The molecule has 1 aliphatic rings. The van der Waals surface area contributed by atoms with Gasteiger partial charge in [-0.1, -0.05) is 6.07 Å². The van der Waals surface area contributed by atoms with E-state index in [1.54, 1.807) is 0 Å². The maximum atomic E-state index is 5.36. The molecule has 0 saturated carbocycles. The van der Waals surface area contributed by atoms with Gasteiger partial charge in [-0.15, -0.1) is 0 Å². The molecule has 0 saturated heterocycles. The van der Waals surface area contributed by atoms with E-state index in [2.05, 4.69) is 29.8 Å². The van der Waals surface area contributed by atoms with E-state index in [1.807, 2.05) is 0 Å². The largest absolute Gasteiger partial charge is 0.406 e. The Morgan fingerprint density at radius 3 is 3.14 bits per heavy atom. The fourth-order valence-electron chi connectivity index (χ4n) is 2.08. The molecular formula is C12H11NO. The molecule has 0 amide bonds. The third-order valence-electron chi connectivity index (χ3n) is 2.82. The summed E-state index contributed by atoms with van der Waals surface area (Å²) in [5.74, 6) is 0. The maximum Gasteiger partial charge on any atom is 0.159 e. The molecule has 0 fully saturated rings. The molecule has 2 heteroatoms. The first-order valence-corrected chi connectivity index (χ1v) is 4.98. The molecule has 2 aromatic rings. The van der Waals surface area contributed by atoms with Crippen molar-refractivity contribution in [3.8, 4) is 0 Å². The first kappa shape index (κ1) is 7.90. The molecule has 3 rings (SSSR count). The summed E-state index contributed by atoms with van der Waals surface area (Å²) in [6.07, 6.45) is 4.82. The van der Waals surface area contributed by atoms with Crippen LogP contribution in [-0.4, -0.2) is 13.1 Å². The minimum atomic E-state index is 0.978. The summed E-state index contributed by atoms with van der Waals surface area (Å²) in [4.78, 5) is 0. The number of hydrogen-bond donors (Lipinski definition) is 1. The lowest BCUT2D eigenvalue weighted by Gasteiger charge is -2.03. The van der Waals surface area contributed by atoms with Gasteiger partial charge in [-0.3, -0.25) is 0 Å². The summed E-state index contributed by atoms with van der Waals surface area (Å²) in [7, 11) is 0. The summed E-state index contributed by atoms with van der Waals surface area (Å²) in [5.41, 5.74) is 3.72. The third-order valence-corrected chi connectivity index (χ3v) is 2.82. The fourth-order valence-corrected chi connectivity index (χ4v) is 2.08. The van der Waals surface area contributed by atoms with Crippen LogP contribution in [0.4, 0.5) is 0 Å². The topological polar surface area (TPSA) is 25.2 Å². The van der Waals surface area contributed by atoms with Gasteiger partial charge in [0.15, 0.2) is 5.58 Å². The standard InChI is InChI=1S/C12H11NO/c1-2-10-5-8-14-12(10)11-4-7-13-6-3-9(1)11/h1-2,13H,3-4,6-7H2. The average molecular weight is 185 g/mol. The van der Waals surface area contributed by atoms with Crippen LogP contribution in [0.5, 0.6) is 0 Å². The number of nitrogens with one attached hydrogen (secondary N) is 1. The van der Waals surface area contributed by atoms with E-state index in [1.165, 1.54) is 11.1 Å². The molecule has 0 unspecified atom stereocenters. The lowest BCUT2D eigenvalue weighted by atomic mass is 10.0. The van der Waals surface area contributed by atoms with Gasteiger partial charge in [0.2, 0.25) is 0 Å². The second kappa shape index (κ2) is 3.04. The van der Waals surface area contributed by atoms with Crippen molar-refractivity contribution in [1.29, 1.82) is 0 Å². The minimum Gasteiger partial charge on any atom is -0.406 e. The second-order valence-electron chi connectivity index (χ2n) is 3.66. The highest BCUT2D eigenvalue weighted by atomic mass is 16.3. The number of hydrogen-bond acceptors (Lipinski definition) is 2. The zero-order valence-electron chi connectivity index (χ0n) is 7.89. The van der Waals surface area contributed by atoms with Crippen LogP contribution in [0.15, 0.2) is 16.5 Å². The summed E-state index contributed by atoms with van der Waals surface area (Å²) in [6, 6.07) is 7.23. The Labute approximate surface area is 82.9 Å². The summed E-state index contributed by atoms with van der Waals surface area (Å²) < 4.78 is 5.36. The summed E-state index contributed by atoms with van der Waals surface area (Å²) in [5, 5.41) is 4.44. The minimum absolute atomic E-state index is 0.978. The molecule has 2 nitrogen and oxygen atoms in total. The maximum absolute atomic E-state index is 5.36. The second-order valence-corrected chi connectivity index (χ2v) is 3.66. The molecule has 0 spiro atoms. The fraction of sp³-hybridized carbons (Fsp3) is 0.333. The van der Waals surface area contributed by atoms with Gasteiger partial charge >= 0.3 is 0 Å². The van der Waals surface area contributed by atoms with Gasteiger partial charge in [-0.25, -0.2) is 0 Å². The van der Waals surface area contributed by atoms with Crippen molar-refractivity contribution in [2.45, 2.75) is 12.8 Å². The van der Waals surface area contributed by atoms with Crippen molar-refractivity contribution in [2.75, 3.05) is 13.1 Å². The average Bonchev–Trinajstić information content (AvgIpc) is 2.55. The van der Waals surface area contributed by atoms with Crippen molar-refractivity contribution in [3.63, 3.8) is 0 Å². The van der Waals surface area contributed by atoms with Crippen molar-refractivity contribution in [1.82, 2.24) is 5.32 Å². The first-order chi connectivity index (χ1) is 6.95. The summed E-state index contributed by atoms with van der Waals surface area (Å²) >= 11 is 0. The van der Waals surface area contributed by atoms with Crippen molar-refractivity contribution >= 4 is 11.0 Å². The van der Waals surface area contributed by atoms with Gasteiger partial charge in [0.05, 0.1) is 5.39 Å². The molecule has 14 heavy (non-hydrogen) atoms. The number of fused-ring (bicyclic) bond motifs is 3. The van der Waals surface area contributed by atoms with Gasteiger partial charge in [-0.2, -0.15) is 0 Å². The van der Waals surface area contributed by atoms with E-state index in [4.69, 9.17) is 4.42 Å². The molecule has 1 N–H and O–H groups in total. The predicted octanol–water partition coefficient (Wildman–Crippen LogP) is 1.72. The molecule has 0 aliphatic carbocycles.